The molecule has 6 nitrogen and oxygen atoms in total. The van der Waals surface area contributed by atoms with E-state index in [0.717, 1.165) is 15.5 Å². The van der Waals surface area contributed by atoms with Crippen molar-refractivity contribution in [2.45, 2.75) is 19.8 Å². The number of aromatic nitrogens is 1. The molecule has 0 aromatic carbocycles. The molecule has 2 atom stereocenters. The molecular weight excluding hydrogens is 370 g/mol. The van der Waals surface area contributed by atoms with Crippen LogP contribution in [0.15, 0.2) is 29.7 Å². The molecular formula is C18H17N3O3S2. The molecule has 26 heavy (non-hydrogen) atoms. The maximum Gasteiger partial charge on any atom is 0.246 e. The van der Waals surface area contributed by atoms with E-state index in [4.69, 9.17) is 0 Å². The van der Waals surface area contributed by atoms with E-state index in [2.05, 4.69) is 10.3 Å². The molecule has 2 aromatic rings. The molecule has 4 rings (SSSR count). The Labute approximate surface area is 158 Å². The van der Waals surface area contributed by atoms with Gasteiger partial charge in [0.1, 0.15) is 6.54 Å². The number of imide groups is 1. The third-order valence-corrected chi connectivity index (χ3v) is 6.42. The molecule has 3 heterocycles. The highest BCUT2D eigenvalue weighted by Gasteiger charge is 2.47. The Kier molecular flexibility index (Phi) is 4.46. The van der Waals surface area contributed by atoms with Gasteiger partial charge >= 0.3 is 0 Å². The Morgan fingerprint density at radius 3 is 2.54 bits per heavy atom. The van der Waals surface area contributed by atoms with Gasteiger partial charge in [-0.1, -0.05) is 12.2 Å². The fourth-order valence-electron chi connectivity index (χ4n) is 3.34. The molecule has 1 aliphatic heterocycles. The third kappa shape index (κ3) is 3.10. The van der Waals surface area contributed by atoms with Gasteiger partial charge in [-0.05, 0) is 31.9 Å². The van der Waals surface area contributed by atoms with Crippen LogP contribution in [0, 0.1) is 18.8 Å². The molecule has 2 aromatic heterocycles. The van der Waals surface area contributed by atoms with Crippen molar-refractivity contribution in [3.63, 3.8) is 0 Å². The van der Waals surface area contributed by atoms with E-state index < -0.39 is 5.91 Å². The van der Waals surface area contributed by atoms with Crippen molar-refractivity contribution in [2.24, 2.45) is 11.8 Å². The van der Waals surface area contributed by atoms with E-state index in [1.54, 1.807) is 11.3 Å². The van der Waals surface area contributed by atoms with Gasteiger partial charge < -0.3 is 5.32 Å². The van der Waals surface area contributed by atoms with Crippen molar-refractivity contribution in [1.29, 1.82) is 0 Å². The highest BCUT2D eigenvalue weighted by Crippen LogP contribution is 2.35. The van der Waals surface area contributed by atoms with E-state index in [1.807, 2.05) is 36.6 Å². The fourth-order valence-corrected chi connectivity index (χ4v) is 4.97. The molecule has 0 spiro atoms. The summed E-state index contributed by atoms with van der Waals surface area (Å²) >= 11 is 2.97. The number of nitrogens with zero attached hydrogens (tertiary/aromatic N) is 2. The molecule has 0 bridgehead atoms. The summed E-state index contributed by atoms with van der Waals surface area (Å²) in [4.78, 5) is 44.9. The number of hydrogen-bond acceptors (Lipinski definition) is 6. The zero-order chi connectivity index (χ0) is 18.3. The van der Waals surface area contributed by atoms with Gasteiger partial charge in [0.2, 0.25) is 17.7 Å². The second kappa shape index (κ2) is 6.77. The van der Waals surface area contributed by atoms with Crippen LogP contribution in [0.4, 0.5) is 5.13 Å². The van der Waals surface area contributed by atoms with Crippen LogP contribution in [-0.2, 0) is 14.4 Å². The zero-order valence-electron chi connectivity index (χ0n) is 14.1. The number of hydrogen-bond donors (Lipinski definition) is 1. The third-order valence-electron chi connectivity index (χ3n) is 4.64. The molecule has 134 valence electrons. The van der Waals surface area contributed by atoms with E-state index in [9.17, 15) is 14.4 Å². The monoisotopic (exact) mass is 387 g/mol. The number of allylic oxidation sites excluding steroid dienone is 2. The molecule has 8 heteroatoms. The minimum Gasteiger partial charge on any atom is -0.300 e. The summed E-state index contributed by atoms with van der Waals surface area (Å²) < 4.78 is 0. The Morgan fingerprint density at radius 2 is 1.92 bits per heavy atom. The maximum atomic E-state index is 12.4. The van der Waals surface area contributed by atoms with Crippen molar-refractivity contribution < 1.29 is 14.4 Å². The average Bonchev–Trinajstić information content (AvgIpc) is 3.32. The summed E-state index contributed by atoms with van der Waals surface area (Å²) in [5.41, 5.74) is 0.814. The Bertz CT molecular complexity index is 888. The van der Waals surface area contributed by atoms with Gasteiger partial charge in [0.25, 0.3) is 0 Å². The summed E-state index contributed by atoms with van der Waals surface area (Å²) in [5.74, 6) is -1.51. The second-order valence-corrected chi connectivity index (χ2v) is 8.56. The van der Waals surface area contributed by atoms with Gasteiger partial charge in [0, 0.05) is 10.3 Å². The lowest BCUT2D eigenvalue weighted by molar-refractivity contribution is -0.142. The van der Waals surface area contributed by atoms with E-state index in [0.29, 0.717) is 18.0 Å². The number of carbonyl (C=O) groups is 3. The summed E-state index contributed by atoms with van der Waals surface area (Å²) in [7, 11) is 0. The van der Waals surface area contributed by atoms with Gasteiger partial charge in [0.05, 0.1) is 22.4 Å². The van der Waals surface area contributed by atoms with Gasteiger partial charge in [-0.3, -0.25) is 19.3 Å². The first-order chi connectivity index (χ1) is 12.5. The number of thiazole rings is 1. The van der Waals surface area contributed by atoms with Crippen molar-refractivity contribution in [3.05, 3.63) is 34.5 Å². The van der Waals surface area contributed by atoms with Gasteiger partial charge in [-0.2, -0.15) is 0 Å². The first-order valence-corrected chi connectivity index (χ1v) is 10.0. The molecule has 0 saturated carbocycles. The van der Waals surface area contributed by atoms with Crippen LogP contribution in [0.1, 0.15) is 17.7 Å². The lowest BCUT2D eigenvalue weighted by Gasteiger charge is -2.14. The van der Waals surface area contributed by atoms with E-state index in [1.165, 1.54) is 16.2 Å². The number of likely N-dealkylation sites (tertiary alicyclic amines) is 1. The van der Waals surface area contributed by atoms with Gasteiger partial charge in [0.15, 0.2) is 5.13 Å². The van der Waals surface area contributed by atoms with E-state index >= 15 is 0 Å². The smallest absolute Gasteiger partial charge is 0.246 e. The molecule has 1 fully saturated rings. The topological polar surface area (TPSA) is 79.4 Å². The van der Waals surface area contributed by atoms with Crippen molar-refractivity contribution >= 4 is 45.5 Å². The van der Waals surface area contributed by atoms with Crippen LogP contribution in [0.25, 0.3) is 10.6 Å². The van der Waals surface area contributed by atoms with Crippen molar-refractivity contribution in [1.82, 2.24) is 9.88 Å². The number of nitrogens with one attached hydrogen (secondary N) is 1. The summed E-state index contributed by atoms with van der Waals surface area (Å²) in [5, 5.41) is 5.05. The first kappa shape index (κ1) is 17.1. The average molecular weight is 387 g/mol. The highest BCUT2D eigenvalue weighted by molar-refractivity contribution is 7.17. The molecule has 1 saturated heterocycles. The fraction of sp³-hybridized carbons (Fsp3) is 0.333. The number of thiophene rings is 1. The lowest BCUT2D eigenvalue weighted by Crippen LogP contribution is -2.38. The molecule has 2 unspecified atom stereocenters. The van der Waals surface area contributed by atoms with Crippen LogP contribution in [0.2, 0.25) is 0 Å². The summed E-state index contributed by atoms with van der Waals surface area (Å²) in [6.45, 7) is 1.78. The highest BCUT2D eigenvalue weighted by atomic mass is 32.1. The molecule has 0 radical (unpaired) electrons. The Morgan fingerprint density at radius 1 is 1.23 bits per heavy atom. The lowest BCUT2D eigenvalue weighted by atomic mass is 9.85. The van der Waals surface area contributed by atoms with Crippen LogP contribution in [0.5, 0.6) is 0 Å². The number of rotatable bonds is 4. The van der Waals surface area contributed by atoms with Crippen molar-refractivity contribution in [2.75, 3.05) is 11.9 Å². The quantitative estimate of drug-likeness (QED) is 0.646. The summed E-state index contributed by atoms with van der Waals surface area (Å²) in [6, 6.07) is 4.02. The largest absolute Gasteiger partial charge is 0.300 e. The minimum absolute atomic E-state index is 0.242. The first-order valence-electron chi connectivity index (χ1n) is 8.35. The second-order valence-electron chi connectivity index (χ2n) is 6.41. The number of anilines is 1. The van der Waals surface area contributed by atoms with Crippen LogP contribution in [-0.4, -0.2) is 34.2 Å². The van der Waals surface area contributed by atoms with Crippen LogP contribution >= 0.6 is 22.7 Å². The maximum absolute atomic E-state index is 12.4. The van der Waals surface area contributed by atoms with Crippen LogP contribution in [0.3, 0.4) is 0 Å². The number of carbonyl (C=O) groups excluding carboxylic acids is 3. The zero-order valence-corrected chi connectivity index (χ0v) is 15.7. The molecule has 1 aliphatic carbocycles. The number of fused-ring (bicyclic) bond motifs is 1. The Balaban J connectivity index is 1.41. The number of aryl methyl sites for hydroxylation is 1. The van der Waals surface area contributed by atoms with Gasteiger partial charge in [-0.15, -0.1) is 22.7 Å². The molecule has 3 amide bonds. The minimum atomic E-state index is -0.401. The SMILES string of the molecule is Cc1ccc(-c2csc(NC(=O)CN3C(=O)C4CC=CCC4C3=O)n2)s1. The summed E-state index contributed by atoms with van der Waals surface area (Å²) in [6.07, 6.45) is 5.01. The predicted octanol–water partition coefficient (Wildman–Crippen LogP) is 3.07. The predicted molar refractivity (Wildman–Crippen MR) is 101 cm³/mol. The Hall–Kier alpha value is -2.32. The normalized spacial score (nSPS) is 22.0. The van der Waals surface area contributed by atoms with Crippen molar-refractivity contribution in [3.8, 4) is 10.6 Å². The molecule has 1 N–H and O–H groups in total. The molecule has 2 aliphatic rings. The van der Waals surface area contributed by atoms with Crippen LogP contribution < -0.4 is 5.32 Å². The number of amides is 3. The van der Waals surface area contributed by atoms with Gasteiger partial charge in [-0.25, -0.2) is 4.98 Å². The van der Waals surface area contributed by atoms with E-state index in [-0.39, 0.29) is 30.2 Å². The standard InChI is InChI=1S/C18H17N3O3S2/c1-10-6-7-14(26-10)13-9-25-18(19-13)20-15(22)8-21-16(23)11-4-2-3-5-12(11)17(21)24/h2-3,6-7,9,11-12H,4-5,8H2,1H3,(H,19,20,22).